The molecule has 0 aliphatic heterocycles. The molecule has 0 aliphatic rings. The van der Waals surface area contributed by atoms with Crippen molar-refractivity contribution in [1.82, 2.24) is 0 Å². The molecule has 0 N–H and O–H groups in total. The normalized spacial score (nSPS) is 12.0. The Morgan fingerprint density at radius 1 is 0.821 bits per heavy atom. The number of carbonyl (C=O) groups is 1. The minimum atomic E-state index is -0.235. The Kier molecular flexibility index (Phi) is 9.82. The van der Waals surface area contributed by atoms with E-state index in [2.05, 4.69) is 45.0 Å². The average Bonchev–Trinajstić information content (AvgIpc) is 2.74. The zero-order chi connectivity index (χ0) is 20.2. The molecule has 1 atom stereocenters. The maximum absolute atomic E-state index is 12.1. The van der Waals surface area contributed by atoms with Gasteiger partial charge >= 0.3 is 5.97 Å². The van der Waals surface area contributed by atoms with E-state index in [-0.39, 0.29) is 5.97 Å². The predicted molar refractivity (Wildman–Crippen MR) is 119 cm³/mol. The molecule has 2 aromatic carbocycles. The van der Waals surface area contributed by atoms with Crippen LogP contribution in [0, 0.1) is 5.92 Å². The van der Waals surface area contributed by atoms with E-state index in [1.165, 1.54) is 49.7 Å². The van der Waals surface area contributed by atoms with Crippen molar-refractivity contribution in [3.63, 3.8) is 0 Å². The minimum absolute atomic E-state index is 0.235. The van der Waals surface area contributed by atoms with Crippen molar-refractivity contribution in [3.8, 4) is 11.1 Å². The predicted octanol–water partition coefficient (Wildman–Crippen LogP) is 7.46. The van der Waals surface area contributed by atoms with Gasteiger partial charge in [0.05, 0.1) is 12.2 Å². The van der Waals surface area contributed by atoms with Crippen molar-refractivity contribution in [2.24, 2.45) is 5.92 Å². The second-order valence-corrected chi connectivity index (χ2v) is 7.90. The van der Waals surface area contributed by atoms with Gasteiger partial charge in [-0.05, 0) is 47.6 Å². The molecule has 2 heteroatoms. The van der Waals surface area contributed by atoms with Gasteiger partial charge in [0.1, 0.15) is 0 Å². The molecule has 0 unspecified atom stereocenters. The van der Waals surface area contributed by atoms with Crippen LogP contribution in [-0.4, -0.2) is 12.6 Å². The molecule has 0 bridgehead atoms. The van der Waals surface area contributed by atoms with Gasteiger partial charge in [-0.25, -0.2) is 4.79 Å². The summed E-state index contributed by atoms with van der Waals surface area (Å²) in [4.78, 5) is 12.1. The number of rotatable bonds is 12. The molecule has 0 radical (unpaired) electrons. The molecule has 0 aliphatic carbocycles. The van der Waals surface area contributed by atoms with Crippen molar-refractivity contribution in [2.75, 3.05) is 6.61 Å². The van der Waals surface area contributed by atoms with E-state index in [1.54, 1.807) is 0 Å². The van der Waals surface area contributed by atoms with Crippen LogP contribution in [0.2, 0.25) is 0 Å². The van der Waals surface area contributed by atoms with Gasteiger partial charge in [0, 0.05) is 0 Å². The highest BCUT2D eigenvalue weighted by atomic mass is 16.5. The van der Waals surface area contributed by atoms with Gasteiger partial charge in [0.15, 0.2) is 0 Å². The second kappa shape index (κ2) is 12.4. The Hall–Kier alpha value is -2.09. The monoisotopic (exact) mass is 380 g/mol. The van der Waals surface area contributed by atoms with Crippen LogP contribution in [0.3, 0.4) is 0 Å². The van der Waals surface area contributed by atoms with Crippen molar-refractivity contribution >= 4 is 5.97 Å². The molecule has 2 rings (SSSR count). The first kappa shape index (κ1) is 22.2. The number of benzene rings is 2. The van der Waals surface area contributed by atoms with Crippen LogP contribution < -0.4 is 0 Å². The number of unbranched alkanes of at least 4 members (excludes halogenated alkanes) is 5. The first-order chi connectivity index (χ1) is 13.6. The highest BCUT2D eigenvalue weighted by molar-refractivity contribution is 5.90. The van der Waals surface area contributed by atoms with Crippen molar-refractivity contribution in [2.45, 2.75) is 72.1 Å². The van der Waals surface area contributed by atoms with Crippen LogP contribution in [0.4, 0.5) is 0 Å². The minimum Gasteiger partial charge on any atom is -0.462 e. The Labute approximate surface area is 171 Å². The molecular formula is C26H36O2. The molecule has 2 nitrogen and oxygen atoms in total. The van der Waals surface area contributed by atoms with E-state index in [4.69, 9.17) is 4.74 Å². The Morgan fingerprint density at radius 2 is 1.39 bits per heavy atom. The third-order valence-electron chi connectivity index (χ3n) is 5.42. The number of hydrogen-bond donors (Lipinski definition) is 0. The summed E-state index contributed by atoms with van der Waals surface area (Å²) in [5.41, 5.74) is 4.34. The maximum Gasteiger partial charge on any atom is 0.338 e. The molecule has 0 saturated carbocycles. The summed E-state index contributed by atoms with van der Waals surface area (Å²) in [5, 5.41) is 0. The van der Waals surface area contributed by atoms with E-state index < -0.39 is 0 Å². The zero-order valence-corrected chi connectivity index (χ0v) is 17.9. The van der Waals surface area contributed by atoms with Crippen LogP contribution in [-0.2, 0) is 11.2 Å². The number of carbonyl (C=O) groups excluding carboxylic acids is 1. The maximum atomic E-state index is 12.1. The molecule has 2 aromatic rings. The molecule has 0 saturated heterocycles. The summed E-state index contributed by atoms with van der Waals surface area (Å²) in [6.45, 7) is 6.94. The summed E-state index contributed by atoms with van der Waals surface area (Å²) >= 11 is 0. The molecule has 0 aromatic heterocycles. The first-order valence-corrected chi connectivity index (χ1v) is 11.0. The lowest BCUT2D eigenvalue weighted by Crippen LogP contribution is -2.11. The SMILES string of the molecule is CCCCCCCCc1ccc(-c2ccc(C(=O)OC[C@H](C)CC)cc2)cc1. The second-order valence-electron chi connectivity index (χ2n) is 7.90. The number of aryl methyl sites for hydroxylation is 1. The first-order valence-electron chi connectivity index (χ1n) is 11.0. The van der Waals surface area contributed by atoms with E-state index in [1.807, 2.05) is 24.3 Å². The van der Waals surface area contributed by atoms with Crippen LogP contribution in [0.5, 0.6) is 0 Å². The van der Waals surface area contributed by atoms with Crippen LogP contribution >= 0.6 is 0 Å². The highest BCUT2D eigenvalue weighted by Crippen LogP contribution is 2.21. The quantitative estimate of drug-likeness (QED) is 0.282. The average molecular weight is 381 g/mol. The molecule has 152 valence electrons. The lowest BCUT2D eigenvalue weighted by molar-refractivity contribution is 0.0447. The third-order valence-corrected chi connectivity index (χ3v) is 5.42. The molecule has 0 heterocycles. The molecule has 0 fully saturated rings. The van der Waals surface area contributed by atoms with Gasteiger partial charge in [-0.1, -0.05) is 95.7 Å². The molecule has 0 amide bonds. The molecule has 0 spiro atoms. The third kappa shape index (κ3) is 7.50. The summed E-state index contributed by atoms with van der Waals surface area (Å²) in [5.74, 6) is 0.166. The van der Waals surface area contributed by atoms with Crippen LogP contribution in [0.15, 0.2) is 48.5 Å². The summed E-state index contributed by atoms with van der Waals surface area (Å²) < 4.78 is 5.37. The molecular weight excluding hydrogens is 344 g/mol. The van der Waals surface area contributed by atoms with Gasteiger partial charge in [0.25, 0.3) is 0 Å². The topological polar surface area (TPSA) is 26.3 Å². The molecule has 28 heavy (non-hydrogen) atoms. The fourth-order valence-corrected chi connectivity index (χ4v) is 3.19. The number of ether oxygens (including phenoxy) is 1. The summed E-state index contributed by atoms with van der Waals surface area (Å²) in [6.07, 6.45) is 10.2. The van der Waals surface area contributed by atoms with Gasteiger partial charge in [-0.3, -0.25) is 0 Å². The van der Waals surface area contributed by atoms with Gasteiger partial charge in [-0.15, -0.1) is 0 Å². The lowest BCUT2D eigenvalue weighted by Gasteiger charge is -2.10. The van der Waals surface area contributed by atoms with Gasteiger partial charge in [-0.2, -0.15) is 0 Å². The summed E-state index contributed by atoms with van der Waals surface area (Å²) in [7, 11) is 0. The van der Waals surface area contributed by atoms with Crippen molar-refractivity contribution < 1.29 is 9.53 Å². The van der Waals surface area contributed by atoms with E-state index in [9.17, 15) is 4.79 Å². The van der Waals surface area contributed by atoms with Gasteiger partial charge in [0.2, 0.25) is 0 Å². The largest absolute Gasteiger partial charge is 0.462 e. The van der Waals surface area contributed by atoms with E-state index in [0.29, 0.717) is 18.1 Å². The van der Waals surface area contributed by atoms with Gasteiger partial charge < -0.3 is 4.74 Å². The fraction of sp³-hybridized carbons (Fsp3) is 0.500. The number of hydrogen-bond acceptors (Lipinski definition) is 2. The standard InChI is InChI=1S/C26H36O2/c1-4-6-7-8-9-10-11-22-12-14-23(15-13-22)24-16-18-25(19-17-24)26(27)28-20-21(3)5-2/h12-19,21H,4-11,20H2,1-3H3/t21-/m1/s1. The lowest BCUT2D eigenvalue weighted by atomic mass is 10.00. The Morgan fingerprint density at radius 3 is 2.00 bits per heavy atom. The Bertz CT molecular complexity index is 685. The van der Waals surface area contributed by atoms with Crippen LogP contribution in [0.1, 0.15) is 81.6 Å². The summed E-state index contributed by atoms with van der Waals surface area (Å²) in [6, 6.07) is 16.6. The fourth-order valence-electron chi connectivity index (χ4n) is 3.19. The Balaban J connectivity index is 1.83. The van der Waals surface area contributed by atoms with Crippen molar-refractivity contribution in [1.29, 1.82) is 0 Å². The van der Waals surface area contributed by atoms with Crippen molar-refractivity contribution in [3.05, 3.63) is 59.7 Å². The van der Waals surface area contributed by atoms with Crippen LogP contribution in [0.25, 0.3) is 11.1 Å². The zero-order valence-electron chi connectivity index (χ0n) is 17.9. The van der Waals surface area contributed by atoms with E-state index >= 15 is 0 Å². The smallest absolute Gasteiger partial charge is 0.338 e. The van der Waals surface area contributed by atoms with E-state index in [0.717, 1.165) is 18.4 Å². The highest BCUT2D eigenvalue weighted by Gasteiger charge is 2.09. The number of esters is 1.